The van der Waals surface area contributed by atoms with Gasteiger partial charge in [0.05, 0.1) is 6.26 Å². The van der Waals surface area contributed by atoms with Gasteiger partial charge in [-0.2, -0.15) is 0 Å². The minimum Gasteiger partial charge on any atom is -0.457 e. The minimum absolute atomic E-state index is 0. The maximum Gasteiger partial charge on any atom is 0.322 e. The Balaban J connectivity index is 0.00000484. The van der Waals surface area contributed by atoms with E-state index < -0.39 is 21.7 Å². The van der Waals surface area contributed by atoms with Crippen LogP contribution in [0, 0.1) is 11.6 Å². The summed E-state index contributed by atoms with van der Waals surface area (Å²) in [5.74, 6) is -0.666. The summed E-state index contributed by atoms with van der Waals surface area (Å²) < 4.78 is 57.9. The number of ether oxygens (including phenoxy) is 1. The van der Waals surface area contributed by atoms with Gasteiger partial charge in [-0.25, -0.2) is 22.0 Å². The van der Waals surface area contributed by atoms with Crippen LogP contribution >= 0.6 is 12.4 Å². The number of piperidine rings is 1. The molecule has 0 unspecified atom stereocenters. The Kier molecular flexibility index (Phi) is 12.0. The normalized spacial score (nSPS) is 14.1. The summed E-state index contributed by atoms with van der Waals surface area (Å²) >= 11 is 0. The highest BCUT2D eigenvalue weighted by molar-refractivity contribution is 7.92. The van der Waals surface area contributed by atoms with E-state index >= 15 is 0 Å². The fraction of sp³-hybridized carbons (Fsp3) is 0.367. The van der Waals surface area contributed by atoms with Gasteiger partial charge >= 0.3 is 6.03 Å². The van der Waals surface area contributed by atoms with Crippen LogP contribution in [0.4, 0.5) is 25.0 Å². The molecule has 1 aliphatic heterocycles. The van der Waals surface area contributed by atoms with Crippen LogP contribution in [0.5, 0.6) is 11.5 Å². The Hall–Kier alpha value is -3.41. The zero-order chi connectivity index (χ0) is 29.4. The van der Waals surface area contributed by atoms with Crippen molar-refractivity contribution in [3.05, 3.63) is 83.9 Å². The molecule has 42 heavy (non-hydrogen) atoms. The van der Waals surface area contributed by atoms with Gasteiger partial charge in [-0.1, -0.05) is 25.5 Å². The first-order valence-corrected chi connectivity index (χ1v) is 15.6. The van der Waals surface area contributed by atoms with E-state index in [4.69, 9.17) is 4.74 Å². The van der Waals surface area contributed by atoms with E-state index in [0.717, 1.165) is 69.3 Å². The van der Waals surface area contributed by atoms with Crippen molar-refractivity contribution in [2.75, 3.05) is 35.9 Å². The van der Waals surface area contributed by atoms with Crippen molar-refractivity contribution in [3.8, 4) is 11.5 Å². The zero-order valence-corrected chi connectivity index (χ0v) is 25.3. The Bertz CT molecular complexity index is 1420. The molecule has 0 radical (unpaired) electrons. The van der Waals surface area contributed by atoms with E-state index in [1.54, 1.807) is 24.3 Å². The van der Waals surface area contributed by atoms with Crippen molar-refractivity contribution in [2.45, 2.75) is 45.2 Å². The SMILES string of the molecule is CCCCN(C(=O)Nc1ccc(F)c(F)c1)C1CCN(Cc2ccc(Oc3ccc(NS(C)(=O)=O)cc3)cc2)CC1.Cl. The molecule has 228 valence electrons. The van der Waals surface area contributed by atoms with Crippen LogP contribution < -0.4 is 14.8 Å². The number of rotatable bonds is 11. The number of likely N-dealkylation sites (tertiary alicyclic amines) is 1. The number of amides is 2. The third-order valence-corrected chi connectivity index (χ3v) is 7.51. The van der Waals surface area contributed by atoms with Crippen LogP contribution in [0.15, 0.2) is 66.7 Å². The summed E-state index contributed by atoms with van der Waals surface area (Å²) in [4.78, 5) is 17.3. The average Bonchev–Trinajstić information content (AvgIpc) is 2.93. The predicted molar refractivity (Wildman–Crippen MR) is 164 cm³/mol. The Morgan fingerprint density at radius 2 is 1.55 bits per heavy atom. The molecule has 1 fully saturated rings. The first-order valence-electron chi connectivity index (χ1n) is 13.7. The molecule has 0 aromatic heterocycles. The third kappa shape index (κ3) is 9.85. The van der Waals surface area contributed by atoms with Gasteiger partial charge in [-0.15, -0.1) is 12.4 Å². The first-order chi connectivity index (χ1) is 19.6. The van der Waals surface area contributed by atoms with E-state index in [2.05, 4.69) is 21.9 Å². The van der Waals surface area contributed by atoms with E-state index in [-0.39, 0.29) is 30.2 Å². The van der Waals surface area contributed by atoms with Crippen LogP contribution in [0.25, 0.3) is 0 Å². The summed E-state index contributed by atoms with van der Waals surface area (Å²) in [6.07, 6.45) is 4.55. The number of anilines is 2. The highest BCUT2D eigenvalue weighted by atomic mass is 35.5. The van der Waals surface area contributed by atoms with Crippen molar-refractivity contribution >= 4 is 39.8 Å². The van der Waals surface area contributed by atoms with Crippen LogP contribution in [0.2, 0.25) is 0 Å². The quantitative estimate of drug-likeness (QED) is 0.244. The molecule has 0 atom stereocenters. The molecule has 2 amide bonds. The van der Waals surface area contributed by atoms with Gasteiger partial charge in [-0.3, -0.25) is 9.62 Å². The molecule has 1 heterocycles. The maximum absolute atomic E-state index is 13.6. The summed E-state index contributed by atoms with van der Waals surface area (Å²) in [5, 5.41) is 2.73. The lowest BCUT2D eigenvalue weighted by Crippen LogP contribution is -2.49. The molecule has 4 rings (SSSR count). The van der Waals surface area contributed by atoms with E-state index in [0.29, 0.717) is 23.7 Å². The second-order valence-corrected chi connectivity index (χ2v) is 12.0. The van der Waals surface area contributed by atoms with Crippen molar-refractivity contribution < 1.29 is 26.7 Å². The highest BCUT2D eigenvalue weighted by Gasteiger charge is 2.28. The smallest absolute Gasteiger partial charge is 0.322 e. The van der Waals surface area contributed by atoms with Gasteiger partial charge in [0.15, 0.2) is 11.6 Å². The largest absolute Gasteiger partial charge is 0.457 e. The molecule has 1 saturated heterocycles. The molecule has 0 spiro atoms. The second-order valence-electron chi connectivity index (χ2n) is 10.3. The lowest BCUT2D eigenvalue weighted by atomic mass is 10.0. The molecule has 3 aromatic rings. The fourth-order valence-electron chi connectivity index (χ4n) is 4.80. The van der Waals surface area contributed by atoms with E-state index in [9.17, 15) is 22.0 Å². The van der Waals surface area contributed by atoms with Gasteiger partial charge in [0.1, 0.15) is 11.5 Å². The number of carbonyl (C=O) groups excluding carboxylic acids is 1. The molecular formula is C30H37ClF2N4O4S. The average molecular weight is 623 g/mol. The lowest BCUT2D eigenvalue weighted by Gasteiger charge is -2.38. The van der Waals surface area contributed by atoms with Gasteiger partial charge in [0.2, 0.25) is 10.0 Å². The number of unbranched alkanes of at least 4 members (excludes halogenated alkanes) is 1. The molecule has 3 aromatic carbocycles. The maximum atomic E-state index is 13.6. The number of halogens is 3. The summed E-state index contributed by atoms with van der Waals surface area (Å²) in [5.41, 5.74) is 1.85. The van der Waals surface area contributed by atoms with Crippen molar-refractivity contribution in [3.63, 3.8) is 0 Å². The molecule has 0 aliphatic carbocycles. The molecule has 2 N–H and O–H groups in total. The Labute approximate surface area is 252 Å². The van der Waals surface area contributed by atoms with Crippen molar-refractivity contribution in [1.29, 1.82) is 0 Å². The standard InChI is InChI=1S/C30H36F2N4O4S.ClH/c1-3-4-17-36(30(37)33-24-9-14-28(31)29(32)20-24)25-15-18-35(19-16-25)21-22-5-10-26(11-6-22)40-27-12-7-23(8-13-27)34-41(2,38)39;/h5-14,20,25,34H,3-4,15-19,21H2,1-2H3,(H,33,37);1H. The number of urea groups is 1. The molecule has 1 aliphatic rings. The monoisotopic (exact) mass is 622 g/mol. The van der Waals surface area contributed by atoms with Crippen molar-refractivity contribution in [1.82, 2.24) is 9.80 Å². The number of sulfonamides is 1. The molecule has 12 heteroatoms. The number of nitrogens with one attached hydrogen (secondary N) is 2. The van der Waals surface area contributed by atoms with E-state index in [1.165, 1.54) is 6.07 Å². The van der Waals surface area contributed by atoms with Crippen LogP contribution in [-0.2, 0) is 16.6 Å². The van der Waals surface area contributed by atoms with Crippen LogP contribution in [-0.4, -0.2) is 56.2 Å². The van der Waals surface area contributed by atoms with Crippen molar-refractivity contribution in [2.24, 2.45) is 0 Å². The van der Waals surface area contributed by atoms with E-state index in [1.807, 2.05) is 29.2 Å². The van der Waals surface area contributed by atoms with Crippen LogP contribution in [0.3, 0.4) is 0 Å². The zero-order valence-electron chi connectivity index (χ0n) is 23.7. The molecule has 8 nitrogen and oxygen atoms in total. The number of hydrogen-bond donors (Lipinski definition) is 2. The fourth-order valence-corrected chi connectivity index (χ4v) is 5.36. The number of hydrogen-bond acceptors (Lipinski definition) is 5. The lowest BCUT2D eigenvalue weighted by molar-refractivity contribution is 0.122. The first kappa shape index (κ1) is 33.1. The number of benzene rings is 3. The van der Waals surface area contributed by atoms with Gasteiger partial charge in [0.25, 0.3) is 0 Å². The van der Waals surface area contributed by atoms with Crippen LogP contribution in [0.1, 0.15) is 38.2 Å². The Morgan fingerprint density at radius 3 is 2.12 bits per heavy atom. The summed E-state index contributed by atoms with van der Waals surface area (Å²) in [6, 6.07) is 17.7. The highest BCUT2D eigenvalue weighted by Crippen LogP contribution is 2.25. The van der Waals surface area contributed by atoms with Gasteiger partial charge in [0, 0.05) is 49.7 Å². The number of carbonyl (C=O) groups is 1. The second kappa shape index (κ2) is 15.2. The molecule has 0 bridgehead atoms. The van der Waals surface area contributed by atoms with Gasteiger partial charge < -0.3 is 15.0 Å². The summed E-state index contributed by atoms with van der Waals surface area (Å²) in [7, 11) is -3.33. The molecular weight excluding hydrogens is 586 g/mol. The topological polar surface area (TPSA) is 91.0 Å². The number of nitrogens with zero attached hydrogens (tertiary/aromatic N) is 2. The minimum atomic E-state index is -3.33. The summed E-state index contributed by atoms with van der Waals surface area (Å²) in [6.45, 7) is 5.11. The predicted octanol–water partition coefficient (Wildman–Crippen LogP) is 6.85. The third-order valence-electron chi connectivity index (χ3n) is 6.90. The Morgan fingerprint density at radius 1 is 0.952 bits per heavy atom. The van der Waals surface area contributed by atoms with Gasteiger partial charge in [-0.05, 0) is 73.4 Å². The molecule has 0 saturated carbocycles.